The summed E-state index contributed by atoms with van der Waals surface area (Å²) in [5.74, 6) is 0.676. The van der Waals surface area contributed by atoms with Crippen LogP contribution in [0.1, 0.15) is 66.7 Å². The minimum atomic E-state index is -0.149. The van der Waals surface area contributed by atoms with Gasteiger partial charge in [0.1, 0.15) is 0 Å². The standard InChI is InChI=1S/C16H35NO2/c1-6-9-15(4)12-19-11-8-7-10-16(5,13-18)17-14(2)3/h14-15,17-18H,6-13H2,1-5H3. The molecule has 2 atom stereocenters. The third-order valence-electron chi connectivity index (χ3n) is 3.44. The molecule has 0 heterocycles. The van der Waals surface area contributed by atoms with Gasteiger partial charge in [-0.1, -0.05) is 34.1 Å². The lowest BCUT2D eigenvalue weighted by Crippen LogP contribution is -2.49. The average Bonchev–Trinajstić information content (AvgIpc) is 2.33. The SMILES string of the molecule is CCCC(C)COCCCCC(C)(CO)NC(C)C. The molecule has 3 heteroatoms. The lowest BCUT2D eigenvalue weighted by molar-refractivity contribution is 0.0939. The van der Waals surface area contributed by atoms with Crippen LogP contribution in [0.4, 0.5) is 0 Å². The molecule has 0 aromatic rings. The highest BCUT2D eigenvalue weighted by atomic mass is 16.5. The van der Waals surface area contributed by atoms with Gasteiger partial charge in [-0.15, -0.1) is 0 Å². The fourth-order valence-electron chi connectivity index (χ4n) is 2.47. The van der Waals surface area contributed by atoms with E-state index in [2.05, 4.69) is 39.9 Å². The van der Waals surface area contributed by atoms with Gasteiger partial charge in [-0.25, -0.2) is 0 Å². The quantitative estimate of drug-likeness (QED) is 0.536. The van der Waals surface area contributed by atoms with Crippen molar-refractivity contribution in [3.63, 3.8) is 0 Å². The zero-order chi connectivity index (χ0) is 14.7. The third kappa shape index (κ3) is 10.3. The van der Waals surface area contributed by atoms with Gasteiger partial charge >= 0.3 is 0 Å². The first-order valence-corrected chi connectivity index (χ1v) is 7.90. The van der Waals surface area contributed by atoms with Crippen molar-refractivity contribution in [1.29, 1.82) is 0 Å². The highest BCUT2D eigenvalue weighted by molar-refractivity contribution is 4.83. The molecule has 0 aromatic carbocycles. The number of aliphatic hydroxyl groups excluding tert-OH is 1. The van der Waals surface area contributed by atoms with Crippen LogP contribution in [0.2, 0.25) is 0 Å². The molecule has 3 nitrogen and oxygen atoms in total. The molecule has 0 rings (SSSR count). The van der Waals surface area contributed by atoms with Gasteiger partial charge in [0.25, 0.3) is 0 Å². The summed E-state index contributed by atoms with van der Waals surface area (Å²) in [6, 6.07) is 0.406. The van der Waals surface area contributed by atoms with E-state index in [1.807, 2.05) is 0 Å². The Morgan fingerprint density at radius 3 is 2.42 bits per heavy atom. The topological polar surface area (TPSA) is 41.5 Å². The van der Waals surface area contributed by atoms with Gasteiger partial charge in [0.15, 0.2) is 0 Å². The summed E-state index contributed by atoms with van der Waals surface area (Å²) in [4.78, 5) is 0. The lowest BCUT2D eigenvalue weighted by Gasteiger charge is -2.31. The number of unbranched alkanes of at least 4 members (excludes halogenated alkanes) is 1. The molecule has 0 aliphatic carbocycles. The maximum absolute atomic E-state index is 9.47. The van der Waals surface area contributed by atoms with Crippen LogP contribution in [-0.4, -0.2) is 36.5 Å². The van der Waals surface area contributed by atoms with Gasteiger partial charge in [0.2, 0.25) is 0 Å². The molecule has 0 saturated carbocycles. The number of aliphatic hydroxyl groups is 1. The van der Waals surface area contributed by atoms with Crippen LogP contribution < -0.4 is 5.32 Å². The van der Waals surface area contributed by atoms with Gasteiger partial charge in [0.05, 0.1) is 6.61 Å². The summed E-state index contributed by atoms with van der Waals surface area (Å²) in [5.41, 5.74) is -0.149. The van der Waals surface area contributed by atoms with E-state index in [0.717, 1.165) is 32.5 Å². The summed E-state index contributed by atoms with van der Waals surface area (Å²) in [7, 11) is 0. The highest BCUT2D eigenvalue weighted by Crippen LogP contribution is 2.14. The van der Waals surface area contributed by atoms with Crippen LogP contribution in [0.5, 0.6) is 0 Å². The van der Waals surface area contributed by atoms with Crippen LogP contribution >= 0.6 is 0 Å². The highest BCUT2D eigenvalue weighted by Gasteiger charge is 2.22. The van der Waals surface area contributed by atoms with E-state index in [1.54, 1.807) is 0 Å². The average molecular weight is 273 g/mol. The van der Waals surface area contributed by atoms with Gasteiger partial charge in [-0.2, -0.15) is 0 Å². The van der Waals surface area contributed by atoms with Gasteiger partial charge in [-0.05, 0) is 38.5 Å². The maximum atomic E-state index is 9.47. The fraction of sp³-hybridized carbons (Fsp3) is 1.00. The lowest BCUT2D eigenvalue weighted by atomic mass is 9.95. The van der Waals surface area contributed by atoms with Crippen molar-refractivity contribution < 1.29 is 9.84 Å². The van der Waals surface area contributed by atoms with Crippen molar-refractivity contribution in [2.45, 2.75) is 78.3 Å². The Hall–Kier alpha value is -0.120. The molecule has 0 bridgehead atoms. The number of hydrogen-bond acceptors (Lipinski definition) is 3. The van der Waals surface area contributed by atoms with Crippen LogP contribution in [0.15, 0.2) is 0 Å². The molecule has 0 radical (unpaired) electrons. The van der Waals surface area contributed by atoms with E-state index in [9.17, 15) is 5.11 Å². The Kier molecular flexibility index (Phi) is 10.6. The Morgan fingerprint density at radius 1 is 1.21 bits per heavy atom. The number of nitrogens with one attached hydrogen (secondary N) is 1. The predicted octanol–water partition coefficient (Wildman–Crippen LogP) is 3.36. The summed E-state index contributed by atoms with van der Waals surface area (Å²) >= 11 is 0. The van der Waals surface area contributed by atoms with E-state index < -0.39 is 0 Å². The van der Waals surface area contributed by atoms with E-state index in [0.29, 0.717) is 12.0 Å². The van der Waals surface area contributed by atoms with Gasteiger partial charge in [0, 0.05) is 24.8 Å². The molecule has 0 aliphatic rings. The minimum Gasteiger partial charge on any atom is -0.394 e. The monoisotopic (exact) mass is 273 g/mol. The molecule has 0 spiro atoms. The van der Waals surface area contributed by atoms with Crippen LogP contribution in [0, 0.1) is 5.92 Å². The smallest absolute Gasteiger partial charge is 0.0610 e. The van der Waals surface area contributed by atoms with Crippen molar-refractivity contribution in [3.05, 3.63) is 0 Å². The van der Waals surface area contributed by atoms with E-state index >= 15 is 0 Å². The van der Waals surface area contributed by atoms with Crippen molar-refractivity contribution in [3.8, 4) is 0 Å². The Labute approximate surface area is 120 Å². The Bertz CT molecular complexity index is 209. The molecule has 0 aromatic heterocycles. The van der Waals surface area contributed by atoms with Gasteiger partial charge < -0.3 is 15.2 Å². The van der Waals surface area contributed by atoms with E-state index in [4.69, 9.17) is 4.74 Å². The molecular weight excluding hydrogens is 238 g/mol. The first-order valence-electron chi connectivity index (χ1n) is 7.90. The zero-order valence-corrected chi connectivity index (χ0v) is 13.7. The summed E-state index contributed by atoms with van der Waals surface area (Å²) < 4.78 is 5.69. The van der Waals surface area contributed by atoms with Crippen LogP contribution in [0.3, 0.4) is 0 Å². The van der Waals surface area contributed by atoms with E-state index in [1.165, 1.54) is 12.8 Å². The van der Waals surface area contributed by atoms with Gasteiger partial charge in [-0.3, -0.25) is 0 Å². The minimum absolute atomic E-state index is 0.149. The molecule has 0 aliphatic heterocycles. The molecule has 0 fully saturated rings. The first kappa shape index (κ1) is 18.9. The zero-order valence-electron chi connectivity index (χ0n) is 13.7. The van der Waals surface area contributed by atoms with Crippen molar-refractivity contribution >= 4 is 0 Å². The second kappa shape index (κ2) is 10.6. The van der Waals surface area contributed by atoms with Crippen molar-refractivity contribution in [2.75, 3.05) is 19.8 Å². The number of rotatable bonds is 12. The molecule has 0 saturated heterocycles. The molecule has 19 heavy (non-hydrogen) atoms. The molecule has 2 unspecified atom stereocenters. The molecule has 116 valence electrons. The van der Waals surface area contributed by atoms with E-state index in [-0.39, 0.29) is 12.1 Å². The number of hydrogen-bond donors (Lipinski definition) is 2. The molecular formula is C16H35NO2. The first-order chi connectivity index (χ1) is 8.93. The maximum Gasteiger partial charge on any atom is 0.0610 e. The Balaban J connectivity index is 3.61. The summed E-state index contributed by atoms with van der Waals surface area (Å²) in [6.07, 6.45) is 5.66. The molecule has 0 amide bonds. The third-order valence-corrected chi connectivity index (χ3v) is 3.44. The second-order valence-electron chi connectivity index (χ2n) is 6.44. The molecule has 2 N–H and O–H groups in total. The van der Waals surface area contributed by atoms with Crippen LogP contribution in [0.25, 0.3) is 0 Å². The normalized spacial score (nSPS) is 16.6. The summed E-state index contributed by atoms with van der Waals surface area (Å²) in [5, 5.41) is 12.9. The summed E-state index contributed by atoms with van der Waals surface area (Å²) in [6.45, 7) is 12.7. The van der Waals surface area contributed by atoms with Crippen molar-refractivity contribution in [1.82, 2.24) is 5.32 Å². The number of ether oxygens (including phenoxy) is 1. The second-order valence-corrected chi connectivity index (χ2v) is 6.44. The fourth-order valence-corrected chi connectivity index (χ4v) is 2.47. The largest absolute Gasteiger partial charge is 0.394 e. The van der Waals surface area contributed by atoms with Crippen LogP contribution in [-0.2, 0) is 4.74 Å². The van der Waals surface area contributed by atoms with Crippen molar-refractivity contribution in [2.24, 2.45) is 5.92 Å². The predicted molar refractivity (Wildman–Crippen MR) is 82.5 cm³/mol. The Morgan fingerprint density at radius 2 is 1.89 bits per heavy atom.